The van der Waals surface area contributed by atoms with Crippen LogP contribution in [0, 0.1) is 11.8 Å². The Bertz CT molecular complexity index is 1260. The van der Waals surface area contributed by atoms with Gasteiger partial charge in [-0.3, -0.25) is 19.4 Å². The van der Waals surface area contributed by atoms with Crippen LogP contribution in [0.1, 0.15) is 23.7 Å². The first-order valence-corrected chi connectivity index (χ1v) is 13.6. The molecule has 176 valence electrons. The Hall–Kier alpha value is -3.53. The monoisotopic (exact) mass is 481 g/mol. The van der Waals surface area contributed by atoms with E-state index in [1.807, 2.05) is 109 Å². The van der Waals surface area contributed by atoms with Crippen molar-refractivity contribution in [2.45, 2.75) is 19.0 Å². The molecule has 3 aromatic carbocycles. The fraction of sp³-hybridized carbons (Fsp3) is 0.172. The maximum atomic E-state index is 14.7. The van der Waals surface area contributed by atoms with Crippen LogP contribution in [0.4, 0.5) is 0 Å². The predicted octanol–water partition coefficient (Wildman–Crippen LogP) is 4.59. The van der Waals surface area contributed by atoms with Gasteiger partial charge in [0, 0.05) is 28.8 Å². The van der Waals surface area contributed by atoms with Gasteiger partial charge in [-0.15, -0.1) is 0 Å². The van der Waals surface area contributed by atoms with E-state index in [0.29, 0.717) is 6.54 Å². The Kier molecular flexibility index (Phi) is 6.89. The highest BCUT2D eigenvalue weighted by Crippen LogP contribution is 2.52. The highest BCUT2D eigenvalue weighted by atomic mass is 31.2. The number of pyridine rings is 1. The topological polar surface area (TPSA) is 71.1 Å². The standard InChI is InChI=1S/C29H28N3O2P/c33-29(31-21-23-14-10-11-19-30-23)27-20-26(27)28(22-12-4-1-5-13-22)32-35(34,24-15-6-2-7-16-24)25-17-8-3-9-18-25/h1-19,26-28H,20-21H2,(H,31,33)(H,32,34)/t26-,27+,28-/m0/s1. The summed E-state index contributed by atoms with van der Waals surface area (Å²) in [4.78, 5) is 17.3. The van der Waals surface area contributed by atoms with E-state index in [0.717, 1.165) is 28.3 Å². The second kappa shape index (κ2) is 10.4. The van der Waals surface area contributed by atoms with Crippen molar-refractivity contribution in [1.82, 2.24) is 15.4 Å². The molecule has 1 heterocycles. The lowest BCUT2D eigenvalue weighted by Crippen LogP contribution is -2.33. The van der Waals surface area contributed by atoms with Crippen molar-refractivity contribution in [3.05, 3.63) is 127 Å². The molecule has 0 radical (unpaired) electrons. The van der Waals surface area contributed by atoms with Crippen LogP contribution in [0.3, 0.4) is 0 Å². The molecule has 5 nitrogen and oxygen atoms in total. The van der Waals surface area contributed by atoms with Crippen molar-refractivity contribution < 1.29 is 9.36 Å². The molecule has 1 aliphatic carbocycles. The molecule has 5 rings (SSSR count). The first-order valence-electron chi connectivity index (χ1n) is 11.9. The summed E-state index contributed by atoms with van der Waals surface area (Å²) in [6, 6.07) is 34.6. The SMILES string of the molecule is O=C(NCc1ccccn1)[C@@H]1C[C@@H]1[C@@H](NP(=O)(c1ccccc1)c1ccccc1)c1ccccc1. The number of nitrogens with zero attached hydrogens (tertiary/aromatic N) is 1. The molecule has 4 aromatic rings. The minimum absolute atomic E-state index is 0.0117. The second-order valence-corrected chi connectivity index (χ2v) is 11.4. The van der Waals surface area contributed by atoms with E-state index >= 15 is 0 Å². The van der Waals surface area contributed by atoms with Crippen molar-refractivity contribution in [2.24, 2.45) is 11.8 Å². The maximum absolute atomic E-state index is 14.7. The van der Waals surface area contributed by atoms with E-state index in [-0.39, 0.29) is 23.8 Å². The average molecular weight is 482 g/mol. The summed E-state index contributed by atoms with van der Waals surface area (Å²) in [6.07, 6.45) is 2.46. The van der Waals surface area contributed by atoms with Crippen LogP contribution < -0.4 is 21.0 Å². The van der Waals surface area contributed by atoms with Crippen LogP contribution in [0.5, 0.6) is 0 Å². The highest BCUT2D eigenvalue weighted by molar-refractivity contribution is 7.76. The Morgan fingerprint density at radius 1 is 0.829 bits per heavy atom. The van der Waals surface area contributed by atoms with E-state index in [9.17, 15) is 9.36 Å². The van der Waals surface area contributed by atoms with E-state index in [1.54, 1.807) is 6.20 Å². The summed E-state index contributed by atoms with van der Waals surface area (Å²) in [6.45, 7) is 0.402. The van der Waals surface area contributed by atoms with Gasteiger partial charge in [-0.2, -0.15) is 0 Å². The van der Waals surface area contributed by atoms with Crippen LogP contribution in [-0.2, 0) is 15.9 Å². The van der Waals surface area contributed by atoms with Crippen LogP contribution in [-0.4, -0.2) is 10.9 Å². The fourth-order valence-electron chi connectivity index (χ4n) is 4.54. The van der Waals surface area contributed by atoms with Crippen molar-refractivity contribution >= 4 is 23.8 Å². The Balaban J connectivity index is 1.42. The first kappa shape index (κ1) is 23.2. The third kappa shape index (κ3) is 5.27. The van der Waals surface area contributed by atoms with Gasteiger partial charge in [-0.1, -0.05) is 72.8 Å². The molecule has 0 spiro atoms. The summed E-state index contributed by atoms with van der Waals surface area (Å²) in [7, 11) is -3.17. The second-order valence-electron chi connectivity index (χ2n) is 8.84. The molecule has 0 unspecified atom stereocenters. The molecule has 35 heavy (non-hydrogen) atoms. The van der Waals surface area contributed by atoms with Gasteiger partial charge in [-0.05, 0) is 54.3 Å². The number of rotatable bonds is 9. The number of hydrogen-bond donors (Lipinski definition) is 2. The van der Waals surface area contributed by atoms with Crippen LogP contribution >= 0.6 is 7.29 Å². The lowest BCUT2D eigenvalue weighted by molar-refractivity contribution is -0.122. The quantitative estimate of drug-likeness (QED) is 0.343. The largest absolute Gasteiger partial charge is 0.350 e. The van der Waals surface area contributed by atoms with Crippen molar-refractivity contribution in [3.8, 4) is 0 Å². The minimum Gasteiger partial charge on any atom is -0.350 e. The average Bonchev–Trinajstić information content (AvgIpc) is 3.73. The normalized spacial score (nSPS) is 17.9. The third-order valence-corrected chi connectivity index (χ3v) is 9.19. The van der Waals surface area contributed by atoms with Gasteiger partial charge in [0.15, 0.2) is 0 Å². The molecule has 1 aromatic heterocycles. The van der Waals surface area contributed by atoms with Gasteiger partial charge >= 0.3 is 0 Å². The summed E-state index contributed by atoms with van der Waals surface area (Å²) >= 11 is 0. The maximum Gasteiger partial charge on any atom is 0.223 e. The Labute approximate surface area is 206 Å². The van der Waals surface area contributed by atoms with Gasteiger partial charge in [-0.25, -0.2) is 0 Å². The summed E-state index contributed by atoms with van der Waals surface area (Å²) < 4.78 is 14.7. The zero-order valence-corrected chi connectivity index (χ0v) is 20.2. The van der Waals surface area contributed by atoms with Crippen molar-refractivity contribution in [1.29, 1.82) is 0 Å². The Morgan fingerprint density at radius 3 is 1.97 bits per heavy atom. The van der Waals surface area contributed by atoms with Gasteiger partial charge in [0.25, 0.3) is 0 Å². The van der Waals surface area contributed by atoms with Crippen molar-refractivity contribution in [2.75, 3.05) is 0 Å². The molecule has 1 saturated carbocycles. The predicted molar refractivity (Wildman–Crippen MR) is 140 cm³/mol. The molecule has 1 amide bonds. The van der Waals surface area contributed by atoms with Gasteiger partial charge in [0.1, 0.15) is 0 Å². The number of carbonyl (C=O) groups is 1. The molecule has 6 heteroatoms. The molecule has 2 N–H and O–H groups in total. The van der Waals surface area contributed by atoms with E-state index in [1.165, 1.54) is 0 Å². The van der Waals surface area contributed by atoms with Crippen LogP contribution in [0.2, 0.25) is 0 Å². The number of nitrogens with one attached hydrogen (secondary N) is 2. The zero-order chi connectivity index (χ0) is 24.1. The lowest BCUT2D eigenvalue weighted by atomic mass is 10.0. The molecule has 0 saturated heterocycles. The fourth-order valence-corrected chi connectivity index (χ4v) is 7.06. The molecule has 0 bridgehead atoms. The van der Waals surface area contributed by atoms with Gasteiger partial charge in [0.05, 0.1) is 12.2 Å². The molecular weight excluding hydrogens is 453 g/mol. The zero-order valence-electron chi connectivity index (χ0n) is 19.3. The third-order valence-electron chi connectivity index (χ3n) is 6.49. The number of amides is 1. The molecule has 3 atom stereocenters. The summed E-state index contributed by atoms with van der Waals surface area (Å²) in [5, 5.41) is 8.10. The molecular formula is C29H28N3O2P. The summed E-state index contributed by atoms with van der Waals surface area (Å²) in [5.41, 5.74) is 1.86. The number of carbonyl (C=O) groups excluding carboxylic acids is 1. The van der Waals surface area contributed by atoms with E-state index in [4.69, 9.17) is 0 Å². The Morgan fingerprint density at radius 2 is 1.40 bits per heavy atom. The van der Waals surface area contributed by atoms with Crippen LogP contribution in [0.25, 0.3) is 0 Å². The van der Waals surface area contributed by atoms with Gasteiger partial charge in [0.2, 0.25) is 13.2 Å². The van der Waals surface area contributed by atoms with Gasteiger partial charge < -0.3 is 5.32 Å². The highest BCUT2D eigenvalue weighted by Gasteiger charge is 2.50. The first-order chi connectivity index (χ1) is 17.1. The van der Waals surface area contributed by atoms with Crippen LogP contribution in [0.15, 0.2) is 115 Å². The number of benzene rings is 3. The van der Waals surface area contributed by atoms with E-state index in [2.05, 4.69) is 15.4 Å². The van der Waals surface area contributed by atoms with Crippen molar-refractivity contribution in [3.63, 3.8) is 0 Å². The number of aromatic nitrogens is 1. The molecule has 1 aliphatic rings. The molecule has 1 fully saturated rings. The smallest absolute Gasteiger partial charge is 0.223 e. The molecule has 0 aliphatic heterocycles. The number of hydrogen-bond acceptors (Lipinski definition) is 3. The lowest BCUT2D eigenvalue weighted by Gasteiger charge is -2.28. The van der Waals surface area contributed by atoms with E-state index < -0.39 is 7.29 Å². The summed E-state index contributed by atoms with van der Waals surface area (Å²) in [5.74, 6) is -0.0871. The minimum atomic E-state index is -3.17.